The van der Waals surface area contributed by atoms with Crippen molar-refractivity contribution in [3.05, 3.63) is 28.5 Å². The topological polar surface area (TPSA) is 90.7 Å². The van der Waals surface area contributed by atoms with E-state index in [0.717, 1.165) is 23.4 Å². The van der Waals surface area contributed by atoms with Crippen LogP contribution in [0.15, 0.2) is 16.8 Å². The fourth-order valence-corrected chi connectivity index (χ4v) is 3.82. The summed E-state index contributed by atoms with van der Waals surface area (Å²) in [5.74, 6) is 1.63. The van der Waals surface area contributed by atoms with Crippen molar-refractivity contribution >= 4 is 16.3 Å². The molecular weight excluding hydrogens is 286 g/mol. The van der Waals surface area contributed by atoms with Crippen LogP contribution in [0, 0.1) is 6.92 Å². The predicted molar refractivity (Wildman–Crippen MR) is 79.8 cm³/mol. The summed E-state index contributed by atoms with van der Waals surface area (Å²) in [6, 6.07) is 1.77. The van der Waals surface area contributed by atoms with Gasteiger partial charge in [0.25, 0.3) is 5.89 Å². The number of nitrogens with zero attached hydrogens (tertiary/aromatic N) is 4. The maximum atomic E-state index is 6.12. The van der Waals surface area contributed by atoms with Crippen LogP contribution >= 0.6 is 11.3 Å². The Morgan fingerprint density at radius 2 is 2.19 bits per heavy atom. The van der Waals surface area contributed by atoms with Gasteiger partial charge in [0.15, 0.2) is 0 Å². The van der Waals surface area contributed by atoms with E-state index in [9.17, 15) is 0 Å². The molecule has 0 spiro atoms. The molecule has 0 saturated carbocycles. The molecule has 2 N–H and O–H groups in total. The predicted octanol–water partition coefficient (Wildman–Crippen LogP) is 2.63. The third kappa shape index (κ3) is 2.01. The number of anilines is 1. The molecular formula is C14H13N5OS. The summed E-state index contributed by atoms with van der Waals surface area (Å²) < 4.78 is 5.41. The van der Waals surface area contributed by atoms with Crippen molar-refractivity contribution in [2.45, 2.75) is 26.2 Å². The Kier molecular flexibility index (Phi) is 2.75. The van der Waals surface area contributed by atoms with Gasteiger partial charge in [-0.2, -0.15) is 4.98 Å². The lowest BCUT2D eigenvalue weighted by Crippen LogP contribution is -1.92. The second kappa shape index (κ2) is 4.63. The van der Waals surface area contributed by atoms with Gasteiger partial charge in [-0.3, -0.25) is 0 Å². The van der Waals surface area contributed by atoms with E-state index in [0.29, 0.717) is 23.2 Å². The minimum atomic E-state index is 0.466. The summed E-state index contributed by atoms with van der Waals surface area (Å²) in [6.45, 7) is 1.83. The van der Waals surface area contributed by atoms with E-state index < -0.39 is 0 Å². The Labute approximate surface area is 125 Å². The lowest BCUT2D eigenvalue weighted by atomic mass is 10.1. The van der Waals surface area contributed by atoms with Crippen LogP contribution in [-0.4, -0.2) is 20.1 Å². The van der Waals surface area contributed by atoms with Crippen LogP contribution in [0.25, 0.3) is 23.0 Å². The van der Waals surface area contributed by atoms with Gasteiger partial charge in [-0.1, -0.05) is 5.16 Å². The van der Waals surface area contributed by atoms with Crippen molar-refractivity contribution in [3.63, 3.8) is 0 Å². The zero-order valence-corrected chi connectivity index (χ0v) is 12.3. The van der Waals surface area contributed by atoms with Gasteiger partial charge in [0, 0.05) is 11.1 Å². The van der Waals surface area contributed by atoms with E-state index in [1.165, 1.54) is 16.9 Å². The number of aromatic nitrogens is 4. The Hall–Kier alpha value is -2.28. The molecule has 0 saturated heterocycles. The van der Waals surface area contributed by atoms with E-state index >= 15 is 0 Å². The number of fused-ring (bicyclic) bond motifs is 1. The standard InChI is InChI=1S/C14H13N5OS/c1-7-16-6-5-9(17-7)13-18-14(20-19-13)11-8-3-2-4-10(8)21-12(11)15/h5-6H,2-4,15H2,1H3. The lowest BCUT2D eigenvalue weighted by molar-refractivity contribution is 0.432. The zero-order valence-electron chi connectivity index (χ0n) is 11.5. The van der Waals surface area contributed by atoms with Gasteiger partial charge in [-0.25, -0.2) is 9.97 Å². The Balaban J connectivity index is 1.79. The first kappa shape index (κ1) is 12.5. The van der Waals surface area contributed by atoms with Crippen molar-refractivity contribution in [3.8, 4) is 23.0 Å². The molecule has 0 bridgehead atoms. The first-order chi connectivity index (χ1) is 10.2. The van der Waals surface area contributed by atoms with Gasteiger partial charge >= 0.3 is 0 Å². The number of rotatable bonds is 2. The Morgan fingerprint density at radius 3 is 3.05 bits per heavy atom. The second-order valence-corrected chi connectivity index (χ2v) is 6.15. The Bertz CT molecular complexity index is 823. The van der Waals surface area contributed by atoms with Crippen LogP contribution in [0.5, 0.6) is 0 Å². The van der Waals surface area contributed by atoms with Crippen LogP contribution in [0.1, 0.15) is 22.7 Å². The number of nitrogens with two attached hydrogens (primary N) is 1. The molecule has 1 aliphatic rings. The fourth-order valence-electron chi connectivity index (χ4n) is 2.67. The summed E-state index contributed by atoms with van der Waals surface area (Å²) in [4.78, 5) is 14.2. The average molecular weight is 299 g/mol. The van der Waals surface area contributed by atoms with Gasteiger partial charge in [0.2, 0.25) is 5.82 Å². The SMILES string of the molecule is Cc1nccc(-c2noc(-c3c(N)sc4c3CCC4)n2)n1. The largest absolute Gasteiger partial charge is 0.390 e. The van der Waals surface area contributed by atoms with Crippen LogP contribution < -0.4 is 5.73 Å². The van der Waals surface area contributed by atoms with E-state index in [1.54, 1.807) is 23.6 Å². The molecule has 0 radical (unpaired) electrons. The van der Waals surface area contributed by atoms with E-state index in [1.807, 2.05) is 6.92 Å². The molecule has 3 aromatic rings. The van der Waals surface area contributed by atoms with Gasteiger partial charge in [-0.05, 0) is 37.8 Å². The molecule has 0 fully saturated rings. The van der Waals surface area contributed by atoms with Crippen molar-refractivity contribution in [2.75, 3.05) is 5.73 Å². The third-order valence-corrected chi connectivity index (χ3v) is 4.71. The molecule has 0 unspecified atom stereocenters. The zero-order chi connectivity index (χ0) is 14.4. The highest BCUT2D eigenvalue weighted by Gasteiger charge is 2.25. The van der Waals surface area contributed by atoms with Gasteiger partial charge in [0.1, 0.15) is 11.5 Å². The minimum Gasteiger partial charge on any atom is -0.390 e. The highest BCUT2D eigenvalue weighted by Crippen LogP contribution is 2.42. The van der Waals surface area contributed by atoms with Crippen molar-refractivity contribution < 1.29 is 4.52 Å². The number of aryl methyl sites for hydroxylation is 2. The summed E-state index contributed by atoms with van der Waals surface area (Å²) >= 11 is 1.63. The quantitative estimate of drug-likeness (QED) is 0.782. The van der Waals surface area contributed by atoms with Crippen molar-refractivity contribution in [1.82, 2.24) is 20.1 Å². The Morgan fingerprint density at radius 1 is 1.29 bits per heavy atom. The molecule has 21 heavy (non-hydrogen) atoms. The average Bonchev–Trinajstić information content (AvgIpc) is 3.14. The van der Waals surface area contributed by atoms with E-state index in [4.69, 9.17) is 10.3 Å². The molecule has 7 heteroatoms. The lowest BCUT2D eigenvalue weighted by Gasteiger charge is -1.96. The minimum absolute atomic E-state index is 0.466. The molecule has 6 nitrogen and oxygen atoms in total. The highest BCUT2D eigenvalue weighted by atomic mass is 32.1. The summed E-state index contributed by atoms with van der Waals surface area (Å²) in [5.41, 5.74) is 8.96. The number of hydrogen-bond donors (Lipinski definition) is 1. The highest BCUT2D eigenvalue weighted by molar-refractivity contribution is 7.16. The van der Waals surface area contributed by atoms with Gasteiger partial charge in [0.05, 0.1) is 10.6 Å². The first-order valence-corrected chi connectivity index (χ1v) is 7.58. The van der Waals surface area contributed by atoms with Crippen LogP contribution in [-0.2, 0) is 12.8 Å². The number of hydrogen-bond acceptors (Lipinski definition) is 7. The van der Waals surface area contributed by atoms with Crippen molar-refractivity contribution in [1.29, 1.82) is 0 Å². The van der Waals surface area contributed by atoms with E-state index in [-0.39, 0.29) is 0 Å². The summed E-state index contributed by atoms with van der Waals surface area (Å²) in [5, 5.41) is 4.78. The maximum Gasteiger partial charge on any atom is 0.261 e. The molecule has 0 aliphatic heterocycles. The molecule has 106 valence electrons. The molecule has 3 heterocycles. The fraction of sp³-hybridized carbons (Fsp3) is 0.286. The molecule has 4 rings (SSSR count). The molecule has 0 atom stereocenters. The second-order valence-electron chi connectivity index (χ2n) is 5.01. The smallest absolute Gasteiger partial charge is 0.261 e. The molecule has 3 aromatic heterocycles. The monoisotopic (exact) mass is 299 g/mol. The van der Waals surface area contributed by atoms with E-state index in [2.05, 4.69) is 20.1 Å². The van der Waals surface area contributed by atoms with Crippen LogP contribution in [0.2, 0.25) is 0 Å². The molecule has 1 aliphatic carbocycles. The molecule has 0 amide bonds. The van der Waals surface area contributed by atoms with Crippen LogP contribution in [0.4, 0.5) is 5.00 Å². The first-order valence-electron chi connectivity index (χ1n) is 6.76. The van der Waals surface area contributed by atoms with Gasteiger partial charge < -0.3 is 10.3 Å². The molecule has 0 aromatic carbocycles. The third-order valence-electron chi connectivity index (χ3n) is 3.59. The normalized spacial score (nSPS) is 13.6. The van der Waals surface area contributed by atoms with Crippen molar-refractivity contribution in [2.24, 2.45) is 0 Å². The number of thiophene rings is 1. The van der Waals surface area contributed by atoms with Gasteiger partial charge in [-0.15, -0.1) is 11.3 Å². The maximum absolute atomic E-state index is 6.12. The van der Waals surface area contributed by atoms with Crippen LogP contribution in [0.3, 0.4) is 0 Å². The summed E-state index contributed by atoms with van der Waals surface area (Å²) in [6.07, 6.45) is 4.98. The summed E-state index contributed by atoms with van der Waals surface area (Å²) in [7, 11) is 0. The number of nitrogen functional groups attached to an aromatic ring is 1.